The number of amidine groups is 1. The minimum Gasteiger partial charge on any atom is -0.489 e. The average Bonchev–Trinajstić information content (AvgIpc) is 2.93. The smallest absolute Gasteiger partial charge is 0.183 e. The van der Waals surface area contributed by atoms with Crippen LogP contribution in [0, 0.1) is 18.4 Å². The third-order valence-electron chi connectivity index (χ3n) is 3.32. The van der Waals surface area contributed by atoms with Crippen LogP contribution in [0.15, 0.2) is 35.5 Å². The molecular formula is C16H19N5OS. The number of ether oxygens (including phenoxy) is 1. The van der Waals surface area contributed by atoms with Crippen molar-refractivity contribution in [2.45, 2.75) is 27.0 Å². The van der Waals surface area contributed by atoms with Crippen LogP contribution in [0.3, 0.4) is 0 Å². The molecule has 23 heavy (non-hydrogen) atoms. The lowest BCUT2D eigenvalue weighted by Crippen LogP contribution is -2.12. The summed E-state index contributed by atoms with van der Waals surface area (Å²) in [5, 5.41) is 16.0. The molecule has 0 saturated heterocycles. The summed E-state index contributed by atoms with van der Waals surface area (Å²) in [5.41, 5.74) is 2.97. The van der Waals surface area contributed by atoms with Crippen LogP contribution in [0.2, 0.25) is 0 Å². The van der Waals surface area contributed by atoms with Gasteiger partial charge in [-0.15, -0.1) is 0 Å². The van der Waals surface area contributed by atoms with Crippen molar-refractivity contribution in [3.8, 4) is 11.9 Å². The fourth-order valence-corrected chi connectivity index (χ4v) is 2.36. The van der Waals surface area contributed by atoms with Gasteiger partial charge >= 0.3 is 0 Å². The van der Waals surface area contributed by atoms with Crippen molar-refractivity contribution in [1.29, 1.82) is 5.26 Å². The van der Waals surface area contributed by atoms with E-state index in [2.05, 4.69) is 22.3 Å². The number of hydrogen-bond donors (Lipinski definition) is 1. The molecule has 0 fully saturated rings. The van der Waals surface area contributed by atoms with Gasteiger partial charge in [0.05, 0.1) is 11.9 Å². The van der Waals surface area contributed by atoms with E-state index in [-0.39, 0.29) is 0 Å². The third-order valence-corrected chi connectivity index (χ3v) is 3.90. The number of thioether (sulfide) groups is 1. The van der Waals surface area contributed by atoms with E-state index in [0.29, 0.717) is 11.8 Å². The van der Waals surface area contributed by atoms with E-state index in [1.54, 1.807) is 0 Å². The highest BCUT2D eigenvalue weighted by molar-refractivity contribution is 8.13. The fourth-order valence-electron chi connectivity index (χ4n) is 2.01. The zero-order chi connectivity index (χ0) is 16.7. The second kappa shape index (κ2) is 8.25. The van der Waals surface area contributed by atoms with Crippen LogP contribution < -0.4 is 10.1 Å². The molecule has 2 rings (SSSR count). The van der Waals surface area contributed by atoms with E-state index in [9.17, 15) is 0 Å². The minimum absolute atomic E-state index is 0.487. The Kier molecular flexibility index (Phi) is 6.06. The normalized spacial score (nSPS) is 11.1. The van der Waals surface area contributed by atoms with Gasteiger partial charge in [0.1, 0.15) is 12.4 Å². The molecule has 0 amide bonds. The van der Waals surface area contributed by atoms with Crippen molar-refractivity contribution in [2.24, 2.45) is 4.99 Å². The molecule has 1 N–H and O–H groups in total. The molecule has 1 aromatic carbocycles. The molecule has 1 heterocycles. The number of rotatable bonds is 5. The Morgan fingerprint density at radius 1 is 1.43 bits per heavy atom. The van der Waals surface area contributed by atoms with Gasteiger partial charge in [-0.2, -0.15) is 10.4 Å². The van der Waals surface area contributed by atoms with E-state index < -0.39 is 0 Å². The molecule has 7 heteroatoms. The van der Waals surface area contributed by atoms with Crippen molar-refractivity contribution in [2.75, 3.05) is 6.26 Å². The van der Waals surface area contributed by atoms with Gasteiger partial charge in [-0.25, -0.2) is 4.99 Å². The van der Waals surface area contributed by atoms with E-state index in [0.717, 1.165) is 29.2 Å². The number of nitrogens with zero attached hydrogens (tertiary/aromatic N) is 4. The second-order valence-electron chi connectivity index (χ2n) is 4.71. The molecule has 0 unspecified atom stereocenters. The number of nitriles is 1. The first-order valence-corrected chi connectivity index (χ1v) is 8.42. The SMILES string of the molecule is CCn1ncc(COc2ccc(N=C(NC#N)SC)cc2)c1C. The lowest BCUT2D eigenvalue weighted by Gasteiger charge is -2.07. The summed E-state index contributed by atoms with van der Waals surface area (Å²) < 4.78 is 7.74. The summed E-state index contributed by atoms with van der Waals surface area (Å²) in [6.45, 7) is 5.45. The molecule has 0 bridgehead atoms. The zero-order valence-corrected chi connectivity index (χ0v) is 14.2. The van der Waals surface area contributed by atoms with Gasteiger partial charge in [-0.1, -0.05) is 11.8 Å². The minimum atomic E-state index is 0.487. The number of aliphatic imine (C=N–C) groups is 1. The Morgan fingerprint density at radius 3 is 2.74 bits per heavy atom. The molecule has 2 aromatic rings. The Bertz CT molecular complexity index is 715. The molecule has 0 aliphatic carbocycles. The summed E-state index contributed by atoms with van der Waals surface area (Å²) in [5.74, 6) is 0.770. The van der Waals surface area contributed by atoms with Crippen LogP contribution in [-0.2, 0) is 13.2 Å². The van der Waals surface area contributed by atoms with Crippen LogP contribution >= 0.6 is 11.8 Å². The lowest BCUT2D eigenvalue weighted by atomic mass is 10.2. The van der Waals surface area contributed by atoms with E-state index in [1.165, 1.54) is 11.8 Å². The number of aromatic nitrogens is 2. The van der Waals surface area contributed by atoms with Gasteiger partial charge in [0, 0.05) is 17.8 Å². The Balaban J connectivity index is 2.00. The number of aryl methyl sites for hydroxylation is 1. The predicted molar refractivity (Wildman–Crippen MR) is 92.8 cm³/mol. The average molecular weight is 329 g/mol. The molecule has 0 atom stereocenters. The van der Waals surface area contributed by atoms with Gasteiger partial charge in [0.25, 0.3) is 0 Å². The van der Waals surface area contributed by atoms with Crippen LogP contribution in [0.25, 0.3) is 0 Å². The number of nitrogens with one attached hydrogen (secondary N) is 1. The van der Waals surface area contributed by atoms with Crippen LogP contribution in [0.1, 0.15) is 18.2 Å². The van der Waals surface area contributed by atoms with Crippen molar-refractivity contribution < 1.29 is 4.74 Å². The molecule has 1 aromatic heterocycles. The standard InChI is InChI=1S/C16H19N5OS/c1-4-21-12(2)13(9-19-21)10-22-15-7-5-14(6-8-15)20-16(23-3)18-11-17/h5-9H,4,10H2,1-3H3,(H,18,20). The van der Waals surface area contributed by atoms with Crippen LogP contribution in [0.5, 0.6) is 5.75 Å². The number of hydrogen-bond acceptors (Lipinski definition) is 5. The number of benzene rings is 1. The summed E-state index contributed by atoms with van der Waals surface area (Å²) in [4.78, 5) is 4.33. The molecule has 0 radical (unpaired) electrons. The highest BCUT2D eigenvalue weighted by Crippen LogP contribution is 2.20. The highest BCUT2D eigenvalue weighted by Gasteiger charge is 2.06. The molecule has 0 aliphatic heterocycles. The predicted octanol–water partition coefficient (Wildman–Crippen LogP) is 3.21. The first-order chi connectivity index (χ1) is 11.2. The Morgan fingerprint density at radius 2 is 2.17 bits per heavy atom. The van der Waals surface area contributed by atoms with Gasteiger partial charge in [-0.3, -0.25) is 10.00 Å². The van der Waals surface area contributed by atoms with Gasteiger partial charge in [0.2, 0.25) is 0 Å². The molecular weight excluding hydrogens is 310 g/mol. The van der Waals surface area contributed by atoms with Crippen LogP contribution in [0.4, 0.5) is 5.69 Å². The van der Waals surface area contributed by atoms with Crippen molar-refractivity contribution in [3.63, 3.8) is 0 Å². The van der Waals surface area contributed by atoms with Crippen LogP contribution in [-0.4, -0.2) is 21.2 Å². The van der Waals surface area contributed by atoms with Gasteiger partial charge in [-0.05, 0) is 44.4 Å². The quantitative estimate of drug-likeness (QED) is 0.394. The van der Waals surface area contributed by atoms with E-state index in [4.69, 9.17) is 10.00 Å². The maximum Gasteiger partial charge on any atom is 0.183 e. The largest absolute Gasteiger partial charge is 0.489 e. The summed E-state index contributed by atoms with van der Waals surface area (Å²) >= 11 is 1.38. The maximum atomic E-state index is 8.63. The molecule has 0 aliphatic rings. The zero-order valence-electron chi connectivity index (χ0n) is 13.4. The summed E-state index contributed by atoms with van der Waals surface area (Å²) in [6.07, 6.45) is 5.57. The maximum absolute atomic E-state index is 8.63. The molecule has 0 spiro atoms. The highest BCUT2D eigenvalue weighted by atomic mass is 32.2. The fraction of sp³-hybridized carbons (Fsp3) is 0.312. The monoisotopic (exact) mass is 329 g/mol. The van der Waals surface area contributed by atoms with Crippen molar-refractivity contribution >= 4 is 22.6 Å². The second-order valence-corrected chi connectivity index (χ2v) is 5.51. The summed E-state index contributed by atoms with van der Waals surface area (Å²) in [7, 11) is 0. The molecule has 6 nitrogen and oxygen atoms in total. The first-order valence-electron chi connectivity index (χ1n) is 7.19. The summed E-state index contributed by atoms with van der Waals surface area (Å²) in [6, 6.07) is 7.44. The van der Waals surface area contributed by atoms with E-state index >= 15 is 0 Å². The lowest BCUT2D eigenvalue weighted by molar-refractivity contribution is 0.305. The van der Waals surface area contributed by atoms with Gasteiger partial charge in [0.15, 0.2) is 11.4 Å². The van der Waals surface area contributed by atoms with E-state index in [1.807, 2.05) is 54.5 Å². The Labute approximate surface area is 140 Å². The Hall–Kier alpha value is -2.46. The topological polar surface area (TPSA) is 75.2 Å². The third kappa shape index (κ3) is 4.50. The van der Waals surface area contributed by atoms with Gasteiger partial charge < -0.3 is 4.74 Å². The van der Waals surface area contributed by atoms with Crippen molar-refractivity contribution in [3.05, 3.63) is 41.7 Å². The first kappa shape index (κ1) is 16.9. The van der Waals surface area contributed by atoms with Crippen molar-refractivity contribution in [1.82, 2.24) is 15.1 Å². The molecule has 120 valence electrons. The molecule has 0 saturated carbocycles.